The summed E-state index contributed by atoms with van der Waals surface area (Å²) in [4.78, 5) is 15.5. The third-order valence-corrected chi connectivity index (χ3v) is 3.01. The zero-order chi connectivity index (χ0) is 15.3. The average molecular weight is 301 g/mol. The molecule has 1 unspecified atom stereocenters. The van der Waals surface area contributed by atoms with Gasteiger partial charge in [0.25, 0.3) is 0 Å². The summed E-state index contributed by atoms with van der Waals surface area (Å²) in [6.07, 6.45) is 2.43. The van der Waals surface area contributed by atoms with E-state index in [1.54, 1.807) is 0 Å². The van der Waals surface area contributed by atoms with E-state index in [-0.39, 0.29) is 12.1 Å². The number of methoxy groups -OCH3 is 1. The zero-order valence-electron chi connectivity index (χ0n) is 13.0. The molecule has 0 saturated carbocycles. The molecule has 1 saturated heterocycles. The van der Waals surface area contributed by atoms with Crippen molar-refractivity contribution in [3.63, 3.8) is 0 Å². The van der Waals surface area contributed by atoms with Crippen LogP contribution < -0.4 is 10.6 Å². The number of nitrogens with zero attached hydrogens (tertiary/aromatic N) is 1. The normalized spacial score (nSPS) is 18.6. The Hall–Kier alpha value is -1.34. The molecular formula is C14H27N3O4. The van der Waals surface area contributed by atoms with Crippen LogP contribution in [0.25, 0.3) is 0 Å². The van der Waals surface area contributed by atoms with Gasteiger partial charge in [-0.3, -0.25) is 9.79 Å². The second kappa shape index (κ2) is 11.3. The molecule has 1 aliphatic heterocycles. The van der Waals surface area contributed by atoms with Crippen molar-refractivity contribution in [3.05, 3.63) is 0 Å². The monoisotopic (exact) mass is 301 g/mol. The quantitative estimate of drug-likeness (QED) is 0.276. The fraction of sp³-hybridized carbons (Fsp3) is 0.857. The molecule has 0 radical (unpaired) electrons. The van der Waals surface area contributed by atoms with Gasteiger partial charge in [-0.1, -0.05) is 0 Å². The van der Waals surface area contributed by atoms with Crippen LogP contribution in [-0.2, 0) is 19.0 Å². The summed E-state index contributed by atoms with van der Waals surface area (Å²) < 4.78 is 15.5. The van der Waals surface area contributed by atoms with Crippen molar-refractivity contribution in [2.24, 2.45) is 4.99 Å². The maximum absolute atomic E-state index is 11.0. The Kier molecular flexibility index (Phi) is 9.56. The summed E-state index contributed by atoms with van der Waals surface area (Å²) in [5.41, 5.74) is 0. The highest BCUT2D eigenvalue weighted by Crippen LogP contribution is 2.07. The molecule has 0 amide bonds. The largest absolute Gasteiger partial charge is 0.469 e. The van der Waals surface area contributed by atoms with Crippen LogP contribution in [0.5, 0.6) is 0 Å². The molecule has 7 nitrogen and oxygen atoms in total. The molecule has 1 fully saturated rings. The maximum Gasteiger partial charge on any atom is 0.307 e. The van der Waals surface area contributed by atoms with E-state index in [0.29, 0.717) is 38.7 Å². The molecule has 0 spiro atoms. The molecular weight excluding hydrogens is 274 g/mol. The SMILES string of the molecule is CCNC(=NCCCOC1CCOC1)NCCC(=O)OC. The first-order valence-corrected chi connectivity index (χ1v) is 7.54. The van der Waals surface area contributed by atoms with Gasteiger partial charge in [0.15, 0.2) is 5.96 Å². The smallest absolute Gasteiger partial charge is 0.307 e. The van der Waals surface area contributed by atoms with Gasteiger partial charge in [0.05, 0.1) is 26.2 Å². The lowest BCUT2D eigenvalue weighted by atomic mass is 10.3. The van der Waals surface area contributed by atoms with E-state index >= 15 is 0 Å². The molecule has 0 aliphatic carbocycles. The number of guanidine groups is 1. The van der Waals surface area contributed by atoms with Gasteiger partial charge < -0.3 is 24.8 Å². The van der Waals surface area contributed by atoms with Crippen LogP contribution in [0.15, 0.2) is 4.99 Å². The third-order valence-electron chi connectivity index (χ3n) is 3.01. The summed E-state index contributed by atoms with van der Waals surface area (Å²) in [6.45, 7) is 6.17. The lowest BCUT2D eigenvalue weighted by Crippen LogP contribution is -2.38. The van der Waals surface area contributed by atoms with E-state index in [0.717, 1.165) is 26.0 Å². The van der Waals surface area contributed by atoms with Gasteiger partial charge in [-0.05, 0) is 19.8 Å². The Labute approximate surface area is 126 Å². The van der Waals surface area contributed by atoms with Crippen LogP contribution in [0.4, 0.5) is 0 Å². The molecule has 0 aromatic carbocycles. The number of nitrogens with one attached hydrogen (secondary N) is 2. The first-order chi connectivity index (χ1) is 10.3. The van der Waals surface area contributed by atoms with E-state index < -0.39 is 0 Å². The first-order valence-electron chi connectivity index (χ1n) is 7.54. The predicted molar refractivity (Wildman–Crippen MR) is 80.4 cm³/mol. The second-order valence-electron chi connectivity index (χ2n) is 4.72. The minimum Gasteiger partial charge on any atom is -0.469 e. The molecule has 0 bridgehead atoms. The molecule has 1 heterocycles. The van der Waals surface area contributed by atoms with Gasteiger partial charge in [0.1, 0.15) is 0 Å². The number of carbonyl (C=O) groups is 1. The Morgan fingerprint density at radius 3 is 2.95 bits per heavy atom. The summed E-state index contributed by atoms with van der Waals surface area (Å²) >= 11 is 0. The van der Waals surface area contributed by atoms with E-state index in [1.165, 1.54) is 7.11 Å². The summed E-state index contributed by atoms with van der Waals surface area (Å²) in [5.74, 6) is 0.483. The van der Waals surface area contributed by atoms with Crippen molar-refractivity contribution in [3.8, 4) is 0 Å². The number of ether oxygens (including phenoxy) is 3. The molecule has 1 aliphatic rings. The molecule has 2 N–H and O–H groups in total. The molecule has 1 atom stereocenters. The number of esters is 1. The van der Waals surface area contributed by atoms with Crippen LogP contribution in [0.1, 0.15) is 26.2 Å². The lowest BCUT2D eigenvalue weighted by molar-refractivity contribution is -0.140. The second-order valence-corrected chi connectivity index (χ2v) is 4.72. The van der Waals surface area contributed by atoms with Crippen LogP contribution >= 0.6 is 0 Å². The summed E-state index contributed by atoms with van der Waals surface area (Å²) in [5, 5.41) is 6.23. The minimum absolute atomic E-state index is 0.231. The topological polar surface area (TPSA) is 81.2 Å². The molecule has 122 valence electrons. The third kappa shape index (κ3) is 8.52. The Morgan fingerprint density at radius 1 is 1.43 bits per heavy atom. The van der Waals surface area contributed by atoms with Crippen molar-refractivity contribution in [1.82, 2.24) is 10.6 Å². The molecule has 0 aromatic heterocycles. The summed E-state index contributed by atoms with van der Waals surface area (Å²) in [7, 11) is 1.39. The van der Waals surface area contributed by atoms with Crippen molar-refractivity contribution >= 4 is 11.9 Å². The van der Waals surface area contributed by atoms with E-state index in [9.17, 15) is 4.79 Å². The standard InChI is InChI=1S/C14H27N3O4/c1-3-15-14(17-8-5-13(18)19-2)16-7-4-9-21-12-6-10-20-11-12/h12H,3-11H2,1-2H3,(H2,15,16,17). The number of hydrogen-bond acceptors (Lipinski definition) is 5. The van der Waals surface area contributed by atoms with Crippen LogP contribution in [0, 0.1) is 0 Å². The van der Waals surface area contributed by atoms with Gasteiger partial charge >= 0.3 is 5.97 Å². The predicted octanol–water partition coefficient (Wildman–Crippen LogP) is 0.300. The first kappa shape index (κ1) is 17.7. The Morgan fingerprint density at radius 2 is 2.29 bits per heavy atom. The highest BCUT2D eigenvalue weighted by molar-refractivity contribution is 5.80. The zero-order valence-corrected chi connectivity index (χ0v) is 13.0. The summed E-state index contributed by atoms with van der Waals surface area (Å²) in [6, 6.07) is 0. The molecule has 7 heteroatoms. The van der Waals surface area contributed by atoms with E-state index in [4.69, 9.17) is 9.47 Å². The van der Waals surface area contributed by atoms with E-state index in [2.05, 4.69) is 20.4 Å². The van der Waals surface area contributed by atoms with Crippen LogP contribution in [0.2, 0.25) is 0 Å². The van der Waals surface area contributed by atoms with Crippen molar-refractivity contribution in [2.75, 3.05) is 46.6 Å². The van der Waals surface area contributed by atoms with Gasteiger partial charge in [0, 0.05) is 32.8 Å². The van der Waals surface area contributed by atoms with Gasteiger partial charge in [-0.15, -0.1) is 0 Å². The number of aliphatic imine (C=N–C) groups is 1. The van der Waals surface area contributed by atoms with Gasteiger partial charge in [-0.2, -0.15) is 0 Å². The van der Waals surface area contributed by atoms with E-state index in [1.807, 2.05) is 6.92 Å². The molecule has 1 rings (SSSR count). The highest BCUT2D eigenvalue weighted by atomic mass is 16.5. The van der Waals surface area contributed by atoms with Crippen molar-refractivity contribution in [1.29, 1.82) is 0 Å². The lowest BCUT2D eigenvalue weighted by Gasteiger charge is -2.11. The maximum atomic E-state index is 11.0. The molecule has 21 heavy (non-hydrogen) atoms. The average Bonchev–Trinajstić information content (AvgIpc) is 2.99. The van der Waals surface area contributed by atoms with Gasteiger partial charge in [0.2, 0.25) is 0 Å². The van der Waals surface area contributed by atoms with Crippen molar-refractivity contribution in [2.45, 2.75) is 32.3 Å². The number of hydrogen-bond donors (Lipinski definition) is 2. The number of carbonyl (C=O) groups excluding carboxylic acids is 1. The fourth-order valence-electron chi connectivity index (χ4n) is 1.88. The van der Waals surface area contributed by atoms with Crippen LogP contribution in [0.3, 0.4) is 0 Å². The Bertz CT molecular complexity index is 317. The fourth-order valence-corrected chi connectivity index (χ4v) is 1.88. The Balaban J connectivity index is 2.12. The van der Waals surface area contributed by atoms with Crippen LogP contribution in [-0.4, -0.2) is 64.6 Å². The molecule has 0 aromatic rings. The van der Waals surface area contributed by atoms with Crippen molar-refractivity contribution < 1.29 is 19.0 Å². The highest BCUT2D eigenvalue weighted by Gasteiger charge is 2.15. The minimum atomic E-state index is -0.231. The number of rotatable bonds is 9. The van der Waals surface area contributed by atoms with Gasteiger partial charge in [-0.25, -0.2) is 0 Å².